The molecule has 66 valence electrons. The molecule has 0 radical (unpaired) electrons. The van der Waals surface area contributed by atoms with Gasteiger partial charge in [0.25, 0.3) is 0 Å². The molecule has 1 aliphatic rings. The molecule has 0 spiro atoms. The molecule has 1 aliphatic carbocycles. The Hall–Kier alpha value is -0.410. The third kappa shape index (κ3) is 1.27. The number of rotatable bonds is 1. The Morgan fingerprint density at radius 3 is 2.92 bits per heavy atom. The van der Waals surface area contributed by atoms with Gasteiger partial charge < -0.3 is 5.11 Å². The number of aromatic nitrogens is 1. The number of aryl methyl sites for hydroxylation is 1. The van der Waals surface area contributed by atoms with Crippen LogP contribution in [0.5, 0.6) is 0 Å². The number of aliphatic hydroxyl groups excluding tert-OH is 1. The quantitative estimate of drug-likeness (QED) is 0.723. The van der Waals surface area contributed by atoms with E-state index >= 15 is 0 Å². The van der Waals surface area contributed by atoms with Gasteiger partial charge in [0.2, 0.25) is 0 Å². The smallest absolute Gasteiger partial charge is 0.0797 e. The molecule has 2 atom stereocenters. The lowest BCUT2D eigenvalue weighted by Gasteiger charge is -2.12. The Morgan fingerprint density at radius 2 is 2.42 bits per heavy atom. The van der Waals surface area contributed by atoms with Crippen LogP contribution >= 0.6 is 11.3 Å². The zero-order valence-corrected chi connectivity index (χ0v) is 7.97. The summed E-state index contributed by atoms with van der Waals surface area (Å²) < 4.78 is 0. The Balaban J connectivity index is 2.24. The maximum atomic E-state index is 9.66. The lowest BCUT2D eigenvalue weighted by molar-refractivity contribution is 0.164. The fraction of sp³-hybridized carbons (Fsp3) is 0.667. The largest absolute Gasteiger partial charge is 0.392 e. The molecule has 1 fully saturated rings. The van der Waals surface area contributed by atoms with Crippen LogP contribution in [-0.4, -0.2) is 16.2 Å². The van der Waals surface area contributed by atoms with Crippen molar-refractivity contribution in [2.45, 2.75) is 38.2 Å². The predicted molar refractivity (Wildman–Crippen MR) is 49.4 cm³/mol. The van der Waals surface area contributed by atoms with Gasteiger partial charge in [0, 0.05) is 10.8 Å². The van der Waals surface area contributed by atoms with Gasteiger partial charge in [-0.3, -0.25) is 0 Å². The second-order valence-electron chi connectivity index (χ2n) is 3.41. The van der Waals surface area contributed by atoms with Crippen LogP contribution in [0.3, 0.4) is 0 Å². The average molecular weight is 183 g/mol. The summed E-state index contributed by atoms with van der Waals surface area (Å²) in [6.07, 6.45) is 3.12. The lowest BCUT2D eigenvalue weighted by Crippen LogP contribution is -2.10. The van der Waals surface area contributed by atoms with E-state index in [1.807, 2.05) is 12.4 Å². The summed E-state index contributed by atoms with van der Waals surface area (Å²) in [4.78, 5) is 5.49. The Morgan fingerprint density at radius 1 is 1.58 bits per heavy atom. The summed E-state index contributed by atoms with van der Waals surface area (Å²) in [7, 11) is 0. The standard InChI is InChI=1S/C9H13NOS/c1-6-9(12-5-10-6)7-3-2-4-8(7)11/h5,7-8,11H,2-4H2,1H3/t7-,8-/m1/s1. The van der Waals surface area contributed by atoms with E-state index in [2.05, 4.69) is 4.98 Å². The highest BCUT2D eigenvalue weighted by atomic mass is 32.1. The molecule has 1 aromatic rings. The van der Waals surface area contributed by atoms with Crippen LogP contribution in [-0.2, 0) is 0 Å². The Bertz CT molecular complexity index is 271. The SMILES string of the molecule is Cc1ncsc1[C@@H]1CCC[C@H]1O. The highest BCUT2D eigenvalue weighted by Gasteiger charge is 2.28. The zero-order chi connectivity index (χ0) is 8.55. The Kier molecular flexibility index (Phi) is 2.15. The van der Waals surface area contributed by atoms with Gasteiger partial charge in [-0.2, -0.15) is 0 Å². The second-order valence-corrected chi connectivity index (χ2v) is 4.29. The van der Waals surface area contributed by atoms with Gasteiger partial charge in [0.15, 0.2) is 0 Å². The van der Waals surface area contributed by atoms with E-state index in [4.69, 9.17) is 0 Å². The van der Waals surface area contributed by atoms with Crippen molar-refractivity contribution >= 4 is 11.3 Å². The number of thiazole rings is 1. The molecule has 0 aliphatic heterocycles. The molecule has 1 heterocycles. The van der Waals surface area contributed by atoms with E-state index in [0.29, 0.717) is 5.92 Å². The van der Waals surface area contributed by atoms with E-state index in [-0.39, 0.29) is 6.10 Å². The van der Waals surface area contributed by atoms with Crippen LogP contribution in [0, 0.1) is 6.92 Å². The maximum Gasteiger partial charge on any atom is 0.0797 e. The number of aliphatic hydroxyl groups is 1. The van der Waals surface area contributed by atoms with Crippen LogP contribution in [0.25, 0.3) is 0 Å². The van der Waals surface area contributed by atoms with E-state index in [0.717, 1.165) is 25.0 Å². The zero-order valence-electron chi connectivity index (χ0n) is 7.16. The molecular weight excluding hydrogens is 170 g/mol. The van der Waals surface area contributed by atoms with Gasteiger partial charge in [-0.15, -0.1) is 11.3 Å². The van der Waals surface area contributed by atoms with Crippen LogP contribution < -0.4 is 0 Å². The summed E-state index contributed by atoms with van der Waals surface area (Å²) in [6.45, 7) is 2.02. The molecule has 2 rings (SSSR count). The minimum Gasteiger partial charge on any atom is -0.392 e. The van der Waals surface area contributed by atoms with Gasteiger partial charge in [-0.05, 0) is 19.8 Å². The molecule has 0 aromatic carbocycles. The van der Waals surface area contributed by atoms with Gasteiger partial charge in [0.1, 0.15) is 0 Å². The predicted octanol–water partition coefficient (Wildman–Crippen LogP) is 2.08. The normalized spacial score (nSPS) is 29.5. The van der Waals surface area contributed by atoms with Crippen molar-refractivity contribution in [3.63, 3.8) is 0 Å². The molecular formula is C9H13NOS. The summed E-state index contributed by atoms with van der Waals surface area (Å²) in [5.41, 5.74) is 2.97. The summed E-state index contributed by atoms with van der Waals surface area (Å²) >= 11 is 1.68. The Labute approximate surface area is 76.3 Å². The van der Waals surface area contributed by atoms with Gasteiger partial charge >= 0.3 is 0 Å². The first kappa shape index (κ1) is 8.20. The molecule has 1 N–H and O–H groups in total. The molecule has 1 saturated carbocycles. The molecule has 1 aromatic heterocycles. The molecule has 12 heavy (non-hydrogen) atoms. The van der Waals surface area contributed by atoms with E-state index in [1.54, 1.807) is 11.3 Å². The van der Waals surface area contributed by atoms with Crippen LogP contribution in [0.4, 0.5) is 0 Å². The van der Waals surface area contributed by atoms with E-state index < -0.39 is 0 Å². The van der Waals surface area contributed by atoms with Crippen molar-refractivity contribution < 1.29 is 5.11 Å². The van der Waals surface area contributed by atoms with Crippen LogP contribution in [0.15, 0.2) is 5.51 Å². The number of hydrogen-bond acceptors (Lipinski definition) is 3. The fourth-order valence-electron chi connectivity index (χ4n) is 1.91. The summed E-state index contributed by atoms with van der Waals surface area (Å²) in [5, 5.41) is 9.66. The van der Waals surface area contributed by atoms with Crippen molar-refractivity contribution in [1.82, 2.24) is 4.98 Å². The molecule has 0 bridgehead atoms. The van der Waals surface area contributed by atoms with Crippen molar-refractivity contribution in [3.05, 3.63) is 16.1 Å². The lowest BCUT2D eigenvalue weighted by atomic mass is 10.0. The molecule has 2 nitrogen and oxygen atoms in total. The van der Waals surface area contributed by atoms with Gasteiger partial charge in [0.05, 0.1) is 17.3 Å². The topological polar surface area (TPSA) is 33.1 Å². The highest BCUT2D eigenvalue weighted by molar-refractivity contribution is 7.09. The fourth-order valence-corrected chi connectivity index (χ4v) is 2.91. The molecule has 0 amide bonds. The van der Waals surface area contributed by atoms with Gasteiger partial charge in [-0.1, -0.05) is 6.42 Å². The van der Waals surface area contributed by atoms with Crippen LogP contribution in [0.1, 0.15) is 35.8 Å². The van der Waals surface area contributed by atoms with Crippen molar-refractivity contribution in [2.24, 2.45) is 0 Å². The minimum atomic E-state index is -0.121. The first-order valence-electron chi connectivity index (χ1n) is 4.37. The maximum absolute atomic E-state index is 9.66. The summed E-state index contributed by atoms with van der Waals surface area (Å²) in [5.74, 6) is 0.373. The van der Waals surface area contributed by atoms with Crippen molar-refractivity contribution in [2.75, 3.05) is 0 Å². The minimum absolute atomic E-state index is 0.121. The number of nitrogens with zero attached hydrogens (tertiary/aromatic N) is 1. The van der Waals surface area contributed by atoms with E-state index in [9.17, 15) is 5.11 Å². The first-order valence-corrected chi connectivity index (χ1v) is 5.25. The van der Waals surface area contributed by atoms with Gasteiger partial charge in [-0.25, -0.2) is 4.98 Å². The highest BCUT2D eigenvalue weighted by Crippen LogP contribution is 2.37. The molecule has 3 heteroatoms. The average Bonchev–Trinajstić information content (AvgIpc) is 2.59. The van der Waals surface area contributed by atoms with Crippen molar-refractivity contribution in [3.8, 4) is 0 Å². The first-order chi connectivity index (χ1) is 5.79. The third-order valence-electron chi connectivity index (χ3n) is 2.60. The second kappa shape index (κ2) is 3.15. The van der Waals surface area contributed by atoms with Crippen molar-refractivity contribution in [1.29, 1.82) is 0 Å². The molecule has 0 unspecified atom stereocenters. The monoisotopic (exact) mass is 183 g/mol. The summed E-state index contributed by atoms with van der Waals surface area (Å²) in [6, 6.07) is 0. The molecule has 0 saturated heterocycles. The van der Waals surface area contributed by atoms with Crippen LogP contribution in [0.2, 0.25) is 0 Å². The number of hydrogen-bond donors (Lipinski definition) is 1. The third-order valence-corrected chi connectivity index (χ3v) is 3.66. The van der Waals surface area contributed by atoms with E-state index in [1.165, 1.54) is 4.88 Å².